The van der Waals surface area contributed by atoms with Crippen molar-refractivity contribution in [3.63, 3.8) is 0 Å². The minimum atomic E-state index is -0.848. The van der Waals surface area contributed by atoms with Crippen molar-refractivity contribution in [2.24, 2.45) is 0 Å². The van der Waals surface area contributed by atoms with Gasteiger partial charge in [0, 0.05) is 11.1 Å². The zero-order valence-corrected chi connectivity index (χ0v) is 15.9. The number of rotatable bonds is 7. The van der Waals surface area contributed by atoms with Crippen LogP contribution in [0.5, 0.6) is 5.75 Å². The van der Waals surface area contributed by atoms with Gasteiger partial charge in [-0.15, -0.1) is 0 Å². The number of nitrogens with one attached hydrogen (secondary N) is 2. The number of carbonyl (C=O) groups excluding carboxylic acids is 3. The van der Waals surface area contributed by atoms with E-state index in [4.69, 9.17) is 21.1 Å². The van der Waals surface area contributed by atoms with Crippen LogP contribution in [-0.2, 0) is 14.3 Å². The molecule has 0 fully saturated rings. The molecule has 2 N–H and O–H groups in total. The molecule has 28 heavy (non-hydrogen) atoms. The molecule has 0 saturated carbocycles. The molecular weight excluding hydrogens is 391 g/mol. The molecule has 9 heteroatoms. The first-order valence-corrected chi connectivity index (χ1v) is 8.52. The van der Waals surface area contributed by atoms with Crippen molar-refractivity contribution in [2.75, 3.05) is 25.6 Å². The molecule has 0 aliphatic heterocycles. The van der Waals surface area contributed by atoms with E-state index >= 15 is 0 Å². The van der Waals surface area contributed by atoms with E-state index in [0.29, 0.717) is 16.5 Å². The van der Waals surface area contributed by atoms with Crippen LogP contribution in [0, 0.1) is 12.7 Å². The lowest BCUT2D eigenvalue weighted by Gasteiger charge is -2.12. The third kappa shape index (κ3) is 5.68. The van der Waals surface area contributed by atoms with Gasteiger partial charge in [-0.3, -0.25) is 14.4 Å². The van der Waals surface area contributed by atoms with Crippen molar-refractivity contribution in [1.29, 1.82) is 0 Å². The Balaban J connectivity index is 1.83. The number of anilines is 1. The lowest BCUT2D eigenvalue weighted by Crippen LogP contribution is -2.32. The monoisotopic (exact) mass is 408 g/mol. The summed E-state index contributed by atoms with van der Waals surface area (Å²) in [4.78, 5) is 35.5. The van der Waals surface area contributed by atoms with Crippen molar-refractivity contribution in [1.82, 2.24) is 5.32 Å². The molecule has 0 atom stereocenters. The molecule has 148 valence electrons. The second-order valence-corrected chi connectivity index (χ2v) is 6.08. The summed E-state index contributed by atoms with van der Waals surface area (Å²) in [5.74, 6) is -2.57. The zero-order valence-electron chi connectivity index (χ0n) is 15.2. The molecule has 0 aliphatic carbocycles. The maximum atomic E-state index is 13.5. The SMILES string of the molecule is COc1cc(Cl)c(C)cc1NC(=O)COC(=O)CNC(=O)c1ccccc1F. The zero-order chi connectivity index (χ0) is 20.7. The number of hydrogen-bond donors (Lipinski definition) is 2. The molecule has 0 heterocycles. The van der Waals surface area contributed by atoms with Crippen molar-refractivity contribution in [2.45, 2.75) is 6.92 Å². The van der Waals surface area contributed by atoms with E-state index in [-0.39, 0.29) is 5.56 Å². The minimum Gasteiger partial charge on any atom is -0.495 e. The van der Waals surface area contributed by atoms with E-state index in [2.05, 4.69) is 10.6 Å². The predicted molar refractivity (Wildman–Crippen MR) is 101 cm³/mol. The topological polar surface area (TPSA) is 93.7 Å². The van der Waals surface area contributed by atoms with E-state index in [1.807, 2.05) is 0 Å². The Labute approximate surface area is 165 Å². The van der Waals surface area contributed by atoms with Gasteiger partial charge in [0.2, 0.25) is 0 Å². The standard InChI is InChI=1S/C19H18ClFN2O5/c1-11-7-15(16(27-2)8-13(11)20)23-17(24)10-28-18(25)9-22-19(26)12-5-3-4-6-14(12)21/h3-8H,9-10H2,1-2H3,(H,22,26)(H,23,24). The van der Waals surface area contributed by atoms with Gasteiger partial charge in [0.25, 0.3) is 11.8 Å². The van der Waals surface area contributed by atoms with E-state index in [1.54, 1.807) is 19.1 Å². The number of amides is 2. The average Bonchev–Trinajstić information content (AvgIpc) is 2.67. The number of methoxy groups -OCH3 is 1. The Kier molecular flexibility index (Phi) is 7.34. The first kappa shape index (κ1) is 21.2. The Morgan fingerprint density at radius 1 is 1.18 bits per heavy atom. The van der Waals surface area contributed by atoms with Gasteiger partial charge < -0.3 is 20.1 Å². The van der Waals surface area contributed by atoms with Crippen LogP contribution in [0.3, 0.4) is 0 Å². The van der Waals surface area contributed by atoms with Crippen molar-refractivity contribution in [3.05, 3.63) is 58.4 Å². The number of ether oxygens (including phenoxy) is 2. The summed E-state index contributed by atoms with van der Waals surface area (Å²) in [6.45, 7) is 0.679. The van der Waals surface area contributed by atoms with Gasteiger partial charge in [-0.25, -0.2) is 4.39 Å². The van der Waals surface area contributed by atoms with Crippen LogP contribution in [0.1, 0.15) is 15.9 Å². The van der Waals surface area contributed by atoms with E-state index in [1.165, 1.54) is 25.3 Å². The smallest absolute Gasteiger partial charge is 0.325 e. The number of benzene rings is 2. The fourth-order valence-electron chi connectivity index (χ4n) is 2.21. The lowest BCUT2D eigenvalue weighted by atomic mass is 10.2. The maximum Gasteiger partial charge on any atom is 0.325 e. The fraction of sp³-hybridized carbons (Fsp3) is 0.211. The van der Waals surface area contributed by atoms with Crippen molar-refractivity contribution >= 4 is 35.1 Å². The molecular formula is C19H18ClFN2O5. The predicted octanol–water partition coefficient (Wildman–Crippen LogP) is 2.71. The van der Waals surface area contributed by atoms with Crippen LogP contribution in [0.4, 0.5) is 10.1 Å². The molecule has 2 amide bonds. The highest BCUT2D eigenvalue weighted by Gasteiger charge is 2.15. The first-order valence-electron chi connectivity index (χ1n) is 8.14. The molecule has 7 nitrogen and oxygen atoms in total. The number of carbonyl (C=O) groups is 3. The Morgan fingerprint density at radius 2 is 1.89 bits per heavy atom. The maximum absolute atomic E-state index is 13.5. The molecule has 0 aromatic heterocycles. The minimum absolute atomic E-state index is 0.196. The Bertz CT molecular complexity index is 904. The van der Waals surface area contributed by atoms with Crippen LogP contribution in [0.25, 0.3) is 0 Å². The second-order valence-electron chi connectivity index (χ2n) is 5.67. The molecule has 2 aromatic carbocycles. The summed E-state index contributed by atoms with van der Waals surface area (Å²) in [5, 5.41) is 5.25. The third-order valence-corrected chi connectivity index (χ3v) is 4.04. The molecule has 0 unspecified atom stereocenters. The number of hydrogen-bond acceptors (Lipinski definition) is 5. The molecule has 0 radical (unpaired) electrons. The van der Waals surface area contributed by atoms with E-state index in [9.17, 15) is 18.8 Å². The molecule has 0 bridgehead atoms. The van der Waals surface area contributed by atoms with Gasteiger partial charge in [-0.1, -0.05) is 23.7 Å². The van der Waals surface area contributed by atoms with Crippen LogP contribution in [0.2, 0.25) is 5.02 Å². The molecule has 0 saturated heterocycles. The van der Waals surface area contributed by atoms with Crippen molar-refractivity contribution < 1.29 is 28.2 Å². The van der Waals surface area contributed by atoms with E-state index in [0.717, 1.165) is 11.6 Å². The third-order valence-electron chi connectivity index (χ3n) is 3.63. The summed E-state index contributed by atoms with van der Waals surface area (Å²) >= 11 is 6.00. The molecule has 2 rings (SSSR count). The highest BCUT2D eigenvalue weighted by atomic mass is 35.5. The van der Waals surface area contributed by atoms with Gasteiger partial charge in [-0.05, 0) is 30.7 Å². The normalized spacial score (nSPS) is 10.1. The first-order chi connectivity index (χ1) is 13.3. The molecule has 0 spiro atoms. The summed E-state index contributed by atoms with van der Waals surface area (Å²) in [6.07, 6.45) is 0. The van der Waals surface area contributed by atoms with Crippen LogP contribution in [0.15, 0.2) is 36.4 Å². The van der Waals surface area contributed by atoms with Gasteiger partial charge in [-0.2, -0.15) is 0 Å². The summed E-state index contributed by atoms with van der Waals surface area (Å²) in [5.41, 5.74) is 0.905. The largest absolute Gasteiger partial charge is 0.495 e. The lowest BCUT2D eigenvalue weighted by molar-refractivity contribution is -0.146. The molecule has 0 aliphatic rings. The van der Waals surface area contributed by atoms with E-state index < -0.39 is 36.8 Å². The van der Waals surface area contributed by atoms with Gasteiger partial charge in [0.05, 0.1) is 18.4 Å². The highest BCUT2D eigenvalue weighted by Crippen LogP contribution is 2.30. The molecule has 2 aromatic rings. The number of esters is 1. The van der Waals surface area contributed by atoms with Gasteiger partial charge in [0.15, 0.2) is 6.61 Å². The Morgan fingerprint density at radius 3 is 2.57 bits per heavy atom. The van der Waals surface area contributed by atoms with Crippen LogP contribution >= 0.6 is 11.6 Å². The van der Waals surface area contributed by atoms with Gasteiger partial charge in [0.1, 0.15) is 18.1 Å². The summed E-state index contributed by atoms with van der Waals surface area (Å²) in [6, 6.07) is 8.52. The fourth-order valence-corrected chi connectivity index (χ4v) is 2.36. The highest BCUT2D eigenvalue weighted by molar-refractivity contribution is 6.31. The number of halogens is 2. The van der Waals surface area contributed by atoms with Crippen LogP contribution in [-0.4, -0.2) is 38.0 Å². The average molecular weight is 409 g/mol. The summed E-state index contributed by atoms with van der Waals surface area (Å²) < 4.78 is 23.4. The van der Waals surface area contributed by atoms with Gasteiger partial charge >= 0.3 is 5.97 Å². The second kappa shape index (κ2) is 9.70. The summed E-state index contributed by atoms with van der Waals surface area (Å²) in [7, 11) is 1.43. The van der Waals surface area contributed by atoms with Crippen molar-refractivity contribution in [3.8, 4) is 5.75 Å². The Hall–Kier alpha value is -3.13. The number of aryl methyl sites for hydroxylation is 1. The van der Waals surface area contributed by atoms with Crippen LogP contribution < -0.4 is 15.4 Å². The quantitative estimate of drug-likeness (QED) is 0.687.